The quantitative estimate of drug-likeness (QED) is 0.630. The van der Waals surface area contributed by atoms with Crippen molar-refractivity contribution in [2.75, 3.05) is 13.7 Å². The maximum Gasteiger partial charge on any atom is 0.333 e. The van der Waals surface area contributed by atoms with Gasteiger partial charge in [0.1, 0.15) is 12.4 Å². The molecule has 1 aromatic carbocycles. The number of hydrogen-bond donors (Lipinski definition) is 0. The van der Waals surface area contributed by atoms with Crippen LogP contribution in [-0.2, 0) is 9.53 Å². The van der Waals surface area contributed by atoms with E-state index >= 15 is 0 Å². The largest absolute Gasteiger partial charge is 0.490 e. The fourth-order valence-electron chi connectivity index (χ4n) is 1.04. The highest BCUT2D eigenvalue weighted by atomic mass is 79.9. The summed E-state index contributed by atoms with van der Waals surface area (Å²) in [5.41, 5.74) is 0.541. The van der Waals surface area contributed by atoms with Crippen molar-refractivity contribution in [2.24, 2.45) is 0 Å². The molecule has 1 rings (SSSR count). The molecular weight excluding hydrogens is 272 g/mol. The van der Waals surface area contributed by atoms with E-state index in [2.05, 4.69) is 20.7 Å². The Morgan fingerprint density at radius 3 is 2.56 bits per heavy atom. The Bertz CT molecular complexity index is 382. The second kappa shape index (κ2) is 6.33. The summed E-state index contributed by atoms with van der Waals surface area (Å²) < 4.78 is 11.0. The monoisotopic (exact) mass is 284 g/mol. The SMILES string of the molecule is COC(=O)C(C)=CCOc1ccc(Br)cc1. The number of halogens is 1. The molecule has 0 amide bonds. The summed E-state index contributed by atoms with van der Waals surface area (Å²) in [6.07, 6.45) is 1.69. The Morgan fingerprint density at radius 1 is 1.38 bits per heavy atom. The molecule has 4 heteroatoms. The lowest BCUT2D eigenvalue weighted by molar-refractivity contribution is -0.136. The zero-order valence-electron chi connectivity index (χ0n) is 9.20. The highest BCUT2D eigenvalue weighted by Gasteiger charge is 2.01. The lowest BCUT2D eigenvalue weighted by Crippen LogP contribution is -2.04. The minimum atomic E-state index is -0.334. The van der Waals surface area contributed by atoms with Gasteiger partial charge >= 0.3 is 5.97 Å². The molecule has 0 aliphatic carbocycles. The molecule has 0 fully saturated rings. The van der Waals surface area contributed by atoms with Crippen molar-refractivity contribution in [2.45, 2.75) is 6.92 Å². The zero-order chi connectivity index (χ0) is 12.0. The number of esters is 1. The molecule has 0 radical (unpaired) electrons. The molecule has 0 aliphatic rings. The fraction of sp³-hybridized carbons (Fsp3) is 0.250. The second-order valence-corrected chi connectivity index (χ2v) is 4.06. The highest BCUT2D eigenvalue weighted by molar-refractivity contribution is 9.10. The van der Waals surface area contributed by atoms with Gasteiger partial charge in [0.2, 0.25) is 0 Å². The van der Waals surface area contributed by atoms with Crippen LogP contribution in [0.15, 0.2) is 40.4 Å². The van der Waals surface area contributed by atoms with Gasteiger partial charge in [-0.25, -0.2) is 4.79 Å². The van der Waals surface area contributed by atoms with Crippen LogP contribution in [0, 0.1) is 0 Å². The van der Waals surface area contributed by atoms with E-state index in [1.807, 2.05) is 24.3 Å². The molecule has 86 valence electrons. The van der Waals surface area contributed by atoms with Crippen molar-refractivity contribution in [1.29, 1.82) is 0 Å². The molecule has 3 nitrogen and oxygen atoms in total. The van der Waals surface area contributed by atoms with Gasteiger partial charge in [0.25, 0.3) is 0 Å². The number of carbonyl (C=O) groups excluding carboxylic acids is 1. The van der Waals surface area contributed by atoms with Crippen LogP contribution in [0.1, 0.15) is 6.92 Å². The summed E-state index contributed by atoms with van der Waals surface area (Å²) in [6, 6.07) is 7.50. The predicted octanol–water partition coefficient (Wildman–Crippen LogP) is 2.95. The van der Waals surface area contributed by atoms with Gasteiger partial charge in [0.05, 0.1) is 7.11 Å². The van der Waals surface area contributed by atoms with Crippen molar-refractivity contribution in [1.82, 2.24) is 0 Å². The molecule has 0 unspecified atom stereocenters. The molecule has 1 aromatic rings. The van der Waals surface area contributed by atoms with E-state index in [1.54, 1.807) is 13.0 Å². The van der Waals surface area contributed by atoms with Gasteiger partial charge in [-0.2, -0.15) is 0 Å². The lowest BCUT2D eigenvalue weighted by Gasteiger charge is -2.03. The Kier molecular flexibility index (Phi) is 5.05. The van der Waals surface area contributed by atoms with Crippen LogP contribution in [0.4, 0.5) is 0 Å². The van der Waals surface area contributed by atoms with Gasteiger partial charge in [-0.1, -0.05) is 15.9 Å². The molecule has 0 N–H and O–H groups in total. The van der Waals surface area contributed by atoms with Crippen LogP contribution < -0.4 is 4.74 Å². The lowest BCUT2D eigenvalue weighted by atomic mass is 10.3. The first-order valence-corrected chi connectivity index (χ1v) is 5.56. The molecule has 0 saturated carbocycles. The first kappa shape index (κ1) is 12.8. The Labute approximate surface area is 103 Å². The van der Waals surface area contributed by atoms with Gasteiger partial charge < -0.3 is 9.47 Å². The molecule has 0 atom stereocenters. The zero-order valence-corrected chi connectivity index (χ0v) is 10.8. The molecule has 16 heavy (non-hydrogen) atoms. The Balaban J connectivity index is 2.46. The van der Waals surface area contributed by atoms with Gasteiger partial charge in [0, 0.05) is 10.0 Å². The Hall–Kier alpha value is -1.29. The minimum Gasteiger partial charge on any atom is -0.490 e. The van der Waals surface area contributed by atoms with Crippen molar-refractivity contribution >= 4 is 21.9 Å². The number of methoxy groups -OCH3 is 1. The van der Waals surface area contributed by atoms with Gasteiger partial charge in [-0.3, -0.25) is 0 Å². The highest BCUT2D eigenvalue weighted by Crippen LogP contribution is 2.16. The predicted molar refractivity (Wildman–Crippen MR) is 65.4 cm³/mol. The number of ether oxygens (including phenoxy) is 2. The molecule has 0 saturated heterocycles. The van der Waals surface area contributed by atoms with E-state index in [0.29, 0.717) is 12.2 Å². The third-order valence-corrected chi connectivity index (χ3v) is 2.49. The average Bonchev–Trinajstić information content (AvgIpc) is 2.30. The summed E-state index contributed by atoms with van der Waals surface area (Å²) in [4.78, 5) is 11.0. The van der Waals surface area contributed by atoms with Crippen molar-refractivity contribution < 1.29 is 14.3 Å². The van der Waals surface area contributed by atoms with E-state index in [9.17, 15) is 4.79 Å². The van der Waals surface area contributed by atoms with E-state index in [0.717, 1.165) is 10.2 Å². The van der Waals surface area contributed by atoms with Crippen LogP contribution in [0.3, 0.4) is 0 Å². The van der Waals surface area contributed by atoms with Gasteiger partial charge in [0.15, 0.2) is 0 Å². The van der Waals surface area contributed by atoms with E-state index in [-0.39, 0.29) is 5.97 Å². The summed E-state index contributed by atoms with van der Waals surface area (Å²) >= 11 is 3.34. The summed E-state index contributed by atoms with van der Waals surface area (Å²) in [6.45, 7) is 2.04. The van der Waals surface area contributed by atoms with Gasteiger partial charge in [-0.05, 0) is 37.3 Å². The van der Waals surface area contributed by atoms with Crippen molar-refractivity contribution in [3.8, 4) is 5.75 Å². The molecular formula is C12H13BrO3. The molecule has 0 aliphatic heterocycles. The van der Waals surface area contributed by atoms with E-state index in [1.165, 1.54) is 7.11 Å². The molecule has 0 aromatic heterocycles. The average molecular weight is 285 g/mol. The van der Waals surface area contributed by atoms with Crippen LogP contribution >= 0.6 is 15.9 Å². The first-order chi connectivity index (χ1) is 7.63. The van der Waals surface area contributed by atoms with E-state index < -0.39 is 0 Å². The Morgan fingerprint density at radius 2 is 2.00 bits per heavy atom. The van der Waals surface area contributed by atoms with Crippen LogP contribution in [0.25, 0.3) is 0 Å². The number of rotatable bonds is 4. The normalized spacial score (nSPS) is 11.1. The number of benzene rings is 1. The number of hydrogen-bond acceptors (Lipinski definition) is 3. The molecule has 0 spiro atoms. The summed E-state index contributed by atoms with van der Waals surface area (Å²) in [7, 11) is 1.36. The topological polar surface area (TPSA) is 35.5 Å². The molecule has 0 heterocycles. The van der Waals surface area contributed by atoms with Crippen LogP contribution in [0.5, 0.6) is 5.75 Å². The summed E-state index contributed by atoms with van der Waals surface area (Å²) in [5.74, 6) is 0.427. The maximum absolute atomic E-state index is 11.0. The smallest absolute Gasteiger partial charge is 0.333 e. The van der Waals surface area contributed by atoms with Crippen LogP contribution in [-0.4, -0.2) is 19.7 Å². The first-order valence-electron chi connectivity index (χ1n) is 4.77. The van der Waals surface area contributed by atoms with Crippen molar-refractivity contribution in [3.63, 3.8) is 0 Å². The minimum absolute atomic E-state index is 0.334. The molecule has 0 bridgehead atoms. The standard InChI is InChI=1S/C12H13BrO3/c1-9(12(14)15-2)7-8-16-11-5-3-10(13)4-6-11/h3-7H,8H2,1-2H3. The van der Waals surface area contributed by atoms with E-state index in [4.69, 9.17) is 4.74 Å². The summed E-state index contributed by atoms with van der Waals surface area (Å²) in [5, 5.41) is 0. The third-order valence-electron chi connectivity index (χ3n) is 1.96. The third kappa shape index (κ3) is 4.06. The van der Waals surface area contributed by atoms with Crippen LogP contribution in [0.2, 0.25) is 0 Å². The van der Waals surface area contributed by atoms with Crippen molar-refractivity contribution in [3.05, 3.63) is 40.4 Å². The maximum atomic E-state index is 11.0. The fourth-order valence-corrected chi connectivity index (χ4v) is 1.30. The number of carbonyl (C=O) groups is 1. The van der Waals surface area contributed by atoms with Gasteiger partial charge in [-0.15, -0.1) is 0 Å². The second-order valence-electron chi connectivity index (χ2n) is 3.14.